The standard InChI is InChI=1S/C50H86N24O13/c1-25(2)35(73-40(78)32(11-7-15-64-48(56)57)69-38(76)29(51)19-27-21-60-23-66-27)42(80)68-30(9-5-13-62-46(52)53)37(75)45(84)86-17-18-87-50(85)72-33(12-8-16-65-49(58)59)41(79)74-36(26(3)4)43(81)70-31(10-6-14-63-47(54)55)39(77)71-34(44(82)83)20-28-22-61-24-67-28/h21-26,29-36H,5-20,51H2,1-4H3,(H,60,66)(H,61,67)(H,68,80)(H,69,76)(H,70,81)(H,71,77)(H,72,85)(H,73,78)(H,74,79)(H,82,83)(H4,52,53,62)(H4,54,55,63)(H4,56,57,64)(H4,58,59,65)/t29-,30-,31-,32-,33-,34-,35-,36-/m0/s1. The molecule has 0 aliphatic carbocycles. The number of aliphatic imine (C=N–C) groups is 4. The highest BCUT2D eigenvalue weighted by Gasteiger charge is 2.36. The molecule has 0 bridgehead atoms. The number of nitrogens with two attached hydrogens (primary N) is 9. The lowest BCUT2D eigenvalue weighted by atomic mass is 10.00. The molecule has 87 heavy (non-hydrogen) atoms. The van der Waals surface area contributed by atoms with E-state index >= 15 is 0 Å². The van der Waals surface area contributed by atoms with E-state index in [0.717, 1.165) is 0 Å². The summed E-state index contributed by atoms with van der Waals surface area (Å²) < 4.78 is 10.3. The Morgan fingerprint density at radius 3 is 1.23 bits per heavy atom. The van der Waals surface area contributed by atoms with Gasteiger partial charge in [0, 0.05) is 62.8 Å². The second kappa shape index (κ2) is 38.9. The molecule has 2 aromatic rings. The summed E-state index contributed by atoms with van der Waals surface area (Å²) in [5, 5.41) is 27.5. The molecule has 484 valence electrons. The van der Waals surface area contributed by atoms with Crippen molar-refractivity contribution in [3.8, 4) is 0 Å². The zero-order chi connectivity index (χ0) is 65.2. The molecule has 37 heteroatoms. The molecule has 0 unspecified atom stereocenters. The Labute approximate surface area is 501 Å². The number of H-pyrrole nitrogens is 2. The summed E-state index contributed by atoms with van der Waals surface area (Å²) in [4.78, 5) is 164. The van der Waals surface area contributed by atoms with Crippen LogP contribution < -0.4 is 88.8 Å². The molecule has 8 atom stereocenters. The molecular formula is C50H86N24O13. The van der Waals surface area contributed by atoms with Crippen molar-refractivity contribution >= 4 is 83.1 Å². The van der Waals surface area contributed by atoms with Gasteiger partial charge in [-0.3, -0.25) is 53.5 Å². The first-order valence-corrected chi connectivity index (χ1v) is 27.7. The summed E-state index contributed by atoms with van der Waals surface area (Å²) in [7, 11) is 0. The van der Waals surface area contributed by atoms with E-state index in [0.29, 0.717) is 11.4 Å². The molecule has 2 aromatic heterocycles. The molecule has 7 amide bonds. The lowest BCUT2D eigenvalue weighted by molar-refractivity contribution is -0.156. The zero-order valence-electron chi connectivity index (χ0n) is 49.1. The molecule has 0 spiro atoms. The number of carbonyl (C=O) groups is 10. The number of nitrogens with one attached hydrogen (secondary N) is 9. The first kappa shape index (κ1) is 73.3. The number of amides is 7. The van der Waals surface area contributed by atoms with Crippen LogP contribution in [0.3, 0.4) is 0 Å². The Morgan fingerprint density at radius 2 is 0.839 bits per heavy atom. The summed E-state index contributed by atoms with van der Waals surface area (Å²) >= 11 is 0. The Hall–Kier alpha value is -9.84. The molecular weight excluding hydrogens is 1140 g/mol. The minimum Gasteiger partial charge on any atom is -0.480 e. The van der Waals surface area contributed by atoms with E-state index in [1.54, 1.807) is 27.7 Å². The van der Waals surface area contributed by atoms with Crippen LogP contribution >= 0.6 is 0 Å². The third-order valence-electron chi connectivity index (χ3n) is 12.5. The predicted molar refractivity (Wildman–Crippen MR) is 315 cm³/mol. The first-order valence-electron chi connectivity index (χ1n) is 27.7. The lowest BCUT2D eigenvalue weighted by Crippen LogP contribution is -2.59. The maximum atomic E-state index is 14.0. The van der Waals surface area contributed by atoms with Crippen molar-refractivity contribution in [2.24, 2.45) is 83.4 Å². The van der Waals surface area contributed by atoms with Crippen molar-refractivity contribution < 1.29 is 62.5 Å². The van der Waals surface area contributed by atoms with Crippen molar-refractivity contribution in [2.45, 2.75) is 140 Å². The summed E-state index contributed by atoms with van der Waals surface area (Å²) in [6.07, 6.45) is 4.37. The number of nitrogens with zero attached hydrogens (tertiary/aromatic N) is 6. The number of aliphatic carboxylic acids is 1. The average molecular weight is 1230 g/mol. The van der Waals surface area contributed by atoms with E-state index in [-0.39, 0.29) is 114 Å². The molecule has 0 radical (unpaired) electrons. The largest absolute Gasteiger partial charge is 0.480 e. The summed E-state index contributed by atoms with van der Waals surface area (Å²) in [5.74, 6) is -11.4. The fourth-order valence-electron chi connectivity index (χ4n) is 7.95. The number of hydrogen-bond acceptors (Lipinski definition) is 19. The molecule has 0 aromatic carbocycles. The number of esters is 1. The van der Waals surface area contributed by atoms with Gasteiger partial charge in [0.05, 0.1) is 24.7 Å². The fourth-order valence-corrected chi connectivity index (χ4v) is 7.95. The minimum atomic E-state index is -1.58. The number of guanidine groups is 4. The van der Waals surface area contributed by atoms with Gasteiger partial charge in [0.1, 0.15) is 49.5 Å². The summed E-state index contributed by atoms with van der Waals surface area (Å²) in [6.45, 7) is 5.08. The minimum absolute atomic E-state index is 0.00224. The number of carbonyl (C=O) groups excluding carboxylic acids is 9. The number of hydrogen-bond donors (Lipinski definition) is 19. The van der Waals surface area contributed by atoms with Gasteiger partial charge in [-0.25, -0.2) is 24.4 Å². The number of alkyl carbamates (subject to hydrolysis) is 1. The van der Waals surface area contributed by atoms with E-state index in [1.165, 1.54) is 25.0 Å². The van der Waals surface area contributed by atoms with Gasteiger partial charge in [-0.05, 0) is 63.2 Å². The molecule has 0 saturated carbocycles. The Morgan fingerprint density at radius 1 is 0.483 bits per heavy atom. The number of rotatable bonds is 41. The molecule has 0 fully saturated rings. The van der Waals surface area contributed by atoms with Crippen LogP contribution in [0.2, 0.25) is 0 Å². The van der Waals surface area contributed by atoms with Crippen LogP contribution in [-0.2, 0) is 65.5 Å². The number of aromatic amines is 2. The monoisotopic (exact) mass is 1230 g/mol. The van der Waals surface area contributed by atoms with Crippen LogP contribution in [0.5, 0.6) is 0 Å². The molecule has 37 nitrogen and oxygen atoms in total. The van der Waals surface area contributed by atoms with Crippen LogP contribution in [0.1, 0.15) is 90.4 Å². The van der Waals surface area contributed by atoms with Gasteiger partial charge in [-0.2, -0.15) is 0 Å². The number of imidazole rings is 2. The van der Waals surface area contributed by atoms with Crippen molar-refractivity contribution in [3.63, 3.8) is 0 Å². The van der Waals surface area contributed by atoms with Gasteiger partial charge in [0.2, 0.25) is 35.4 Å². The van der Waals surface area contributed by atoms with Gasteiger partial charge in [0.25, 0.3) is 5.78 Å². The van der Waals surface area contributed by atoms with E-state index in [4.69, 9.17) is 61.1 Å². The third-order valence-corrected chi connectivity index (χ3v) is 12.5. The predicted octanol–water partition coefficient (Wildman–Crippen LogP) is -7.03. The number of ether oxygens (including phenoxy) is 2. The van der Waals surface area contributed by atoms with Crippen LogP contribution in [0.15, 0.2) is 45.0 Å². The smallest absolute Gasteiger partial charge is 0.407 e. The van der Waals surface area contributed by atoms with E-state index < -0.39 is 133 Å². The van der Waals surface area contributed by atoms with Gasteiger partial charge in [0.15, 0.2) is 23.8 Å². The van der Waals surface area contributed by atoms with Crippen LogP contribution in [0, 0.1) is 11.8 Å². The quantitative estimate of drug-likeness (QED) is 0.00967. The third kappa shape index (κ3) is 29.5. The van der Waals surface area contributed by atoms with E-state index in [1.807, 2.05) is 0 Å². The highest BCUT2D eigenvalue weighted by molar-refractivity contribution is 6.36. The zero-order valence-corrected chi connectivity index (χ0v) is 49.1. The number of aromatic nitrogens is 4. The second-order valence-electron chi connectivity index (χ2n) is 20.3. The molecule has 28 N–H and O–H groups in total. The number of Topliss-reactive ketones (excluding diaryl/α,β-unsaturated/α-hetero) is 1. The highest BCUT2D eigenvalue weighted by atomic mass is 16.6. The molecule has 2 heterocycles. The highest BCUT2D eigenvalue weighted by Crippen LogP contribution is 2.12. The molecule has 2 rings (SSSR count). The molecule has 0 saturated heterocycles. The van der Waals surface area contributed by atoms with Gasteiger partial charge in [-0.1, -0.05) is 27.7 Å². The summed E-state index contributed by atoms with van der Waals surface area (Å²) in [5.41, 5.74) is 50.7. The molecule has 0 aliphatic rings. The topological polar surface area (TPSA) is 635 Å². The van der Waals surface area contributed by atoms with Crippen molar-refractivity contribution in [1.29, 1.82) is 0 Å². The number of ketones is 1. The first-order chi connectivity index (χ1) is 41.1. The maximum Gasteiger partial charge on any atom is 0.407 e. The van der Waals surface area contributed by atoms with E-state index in [2.05, 4.69) is 77.1 Å². The van der Waals surface area contributed by atoms with Crippen molar-refractivity contribution in [2.75, 3.05) is 39.4 Å². The number of carboxylic acids is 1. The average Bonchev–Trinajstić information content (AvgIpc) is 4.00. The normalized spacial score (nSPS) is 13.6. The maximum absolute atomic E-state index is 14.0. The Balaban J connectivity index is 2.24. The van der Waals surface area contributed by atoms with Crippen molar-refractivity contribution in [3.05, 3.63) is 36.4 Å². The van der Waals surface area contributed by atoms with Gasteiger partial charge in [-0.15, -0.1) is 0 Å². The van der Waals surface area contributed by atoms with Crippen LogP contribution in [0.25, 0.3) is 0 Å². The van der Waals surface area contributed by atoms with E-state index in [9.17, 15) is 53.1 Å². The van der Waals surface area contributed by atoms with Crippen LogP contribution in [-0.4, -0.2) is 196 Å². The van der Waals surface area contributed by atoms with Crippen molar-refractivity contribution in [1.82, 2.24) is 57.2 Å². The van der Waals surface area contributed by atoms with Crippen LogP contribution in [0.4, 0.5) is 4.79 Å². The SMILES string of the molecule is CC(C)[C@H](NC(=O)[C@H](CCCN=C(N)N)NC(=O)OCCOC(=O)C(=O)[C@H](CCCN=C(N)N)NC(=O)[C@@H](NC(=O)[C@H](CCCN=C(N)N)NC(=O)[C@@H](N)Cc1cnc[nH]1)C(C)C)C(=O)N[C@@H](CCCN=C(N)N)C(=O)N[C@@H](Cc1cnc[nH]1)C(=O)O. The number of carboxylic acid groups (broad SMARTS) is 1. The lowest BCUT2D eigenvalue weighted by Gasteiger charge is -2.27. The molecule has 0 aliphatic heterocycles. The summed E-state index contributed by atoms with van der Waals surface area (Å²) in [6, 6.07) is -10.9. The Bertz CT molecular complexity index is 2670. The second-order valence-corrected chi connectivity index (χ2v) is 20.3. The van der Waals surface area contributed by atoms with Gasteiger partial charge >= 0.3 is 18.0 Å². The van der Waals surface area contributed by atoms with Gasteiger partial charge < -0.3 is 113 Å². The Kier molecular flexibility index (Phi) is 32.8. The fraction of sp³-hybridized carbons (Fsp3) is 0.600.